The molecule has 2 rings (SSSR count). The van der Waals surface area contributed by atoms with Crippen LogP contribution < -0.4 is 5.32 Å². The van der Waals surface area contributed by atoms with Gasteiger partial charge < -0.3 is 10.2 Å². The van der Waals surface area contributed by atoms with Crippen molar-refractivity contribution in [1.82, 2.24) is 10.2 Å². The number of hydrogen-bond acceptors (Lipinski definition) is 2. The Kier molecular flexibility index (Phi) is 3.84. The van der Waals surface area contributed by atoms with E-state index >= 15 is 0 Å². The maximum absolute atomic E-state index is 12.2. The molecule has 0 spiro atoms. The van der Waals surface area contributed by atoms with Crippen LogP contribution in [0.3, 0.4) is 0 Å². The van der Waals surface area contributed by atoms with E-state index in [1.165, 1.54) is 0 Å². The number of amides is 1. The molecule has 1 aromatic carbocycles. The van der Waals surface area contributed by atoms with E-state index in [0.29, 0.717) is 6.04 Å². The van der Waals surface area contributed by atoms with Crippen molar-refractivity contribution in [2.24, 2.45) is 0 Å². The van der Waals surface area contributed by atoms with E-state index in [4.69, 9.17) is 0 Å². The fourth-order valence-electron chi connectivity index (χ4n) is 2.09. The van der Waals surface area contributed by atoms with Gasteiger partial charge in [0.25, 0.3) is 5.91 Å². The first-order valence-corrected chi connectivity index (χ1v) is 6.64. The number of nitrogens with zero attached hydrogens (tertiary/aromatic N) is 1. The zero-order valence-corrected chi connectivity index (χ0v) is 11.8. The number of benzene rings is 1. The van der Waals surface area contributed by atoms with Crippen LogP contribution in [-0.4, -0.2) is 37.0 Å². The molecular weight excluding hydrogens is 280 g/mol. The molecule has 1 fully saturated rings. The van der Waals surface area contributed by atoms with Crippen molar-refractivity contribution < 1.29 is 4.79 Å². The number of likely N-dealkylation sites (N-methyl/N-ethyl adjacent to an activating group) is 1. The smallest absolute Gasteiger partial charge is 0.253 e. The number of rotatable bonds is 2. The van der Waals surface area contributed by atoms with Gasteiger partial charge in [-0.1, -0.05) is 22.0 Å². The molecule has 0 bridgehead atoms. The molecular formula is C13H17BrN2O. The Morgan fingerprint density at radius 2 is 2.29 bits per heavy atom. The highest BCUT2D eigenvalue weighted by Gasteiger charge is 2.25. The Morgan fingerprint density at radius 3 is 2.88 bits per heavy atom. The third kappa shape index (κ3) is 2.69. The van der Waals surface area contributed by atoms with Gasteiger partial charge >= 0.3 is 0 Å². The summed E-state index contributed by atoms with van der Waals surface area (Å²) in [5.41, 5.74) is 1.91. The number of aryl methyl sites for hydroxylation is 1. The molecule has 0 saturated carbocycles. The quantitative estimate of drug-likeness (QED) is 0.907. The summed E-state index contributed by atoms with van der Waals surface area (Å²) in [6.07, 6.45) is 1.04. The van der Waals surface area contributed by atoms with Crippen LogP contribution in [0, 0.1) is 6.92 Å². The molecule has 0 aromatic heterocycles. The van der Waals surface area contributed by atoms with Crippen molar-refractivity contribution in [3.8, 4) is 0 Å². The molecule has 1 amide bonds. The molecule has 4 heteroatoms. The van der Waals surface area contributed by atoms with Crippen LogP contribution in [0.1, 0.15) is 22.3 Å². The van der Waals surface area contributed by atoms with E-state index in [-0.39, 0.29) is 5.91 Å². The minimum Gasteiger partial charge on any atom is -0.337 e. The summed E-state index contributed by atoms with van der Waals surface area (Å²) in [5, 5.41) is 3.22. The average molecular weight is 297 g/mol. The molecule has 1 heterocycles. The first-order valence-electron chi connectivity index (χ1n) is 5.84. The monoisotopic (exact) mass is 296 g/mol. The zero-order valence-electron chi connectivity index (χ0n) is 10.2. The van der Waals surface area contributed by atoms with Gasteiger partial charge in [-0.2, -0.15) is 0 Å². The van der Waals surface area contributed by atoms with E-state index < -0.39 is 0 Å². The zero-order chi connectivity index (χ0) is 12.4. The third-order valence-corrected chi connectivity index (χ3v) is 4.16. The molecule has 17 heavy (non-hydrogen) atoms. The van der Waals surface area contributed by atoms with E-state index in [1.54, 1.807) is 0 Å². The van der Waals surface area contributed by atoms with Crippen molar-refractivity contribution in [3.63, 3.8) is 0 Å². The fraction of sp³-hybridized carbons (Fsp3) is 0.462. The highest BCUT2D eigenvalue weighted by Crippen LogP contribution is 2.20. The minimum absolute atomic E-state index is 0.128. The number of halogens is 1. The second kappa shape index (κ2) is 5.19. The summed E-state index contributed by atoms with van der Waals surface area (Å²) in [6, 6.07) is 6.22. The van der Waals surface area contributed by atoms with E-state index in [2.05, 4.69) is 21.2 Å². The van der Waals surface area contributed by atoms with Crippen molar-refractivity contribution in [2.45, 2.75) is 19.4 Å². The molecule has 92 valence electrons. The standard InChI is InChI=1S/C13H17BrN2O/c1-9-3-4-10(7-12(9)14)13(17)16-6-5-11(8-16)15-2/h3-4,7,11,15H,5-6,8H2,1-2H3. The van der Waals surface area contributed by atoms with Crippen LogP contribution in [-0.2, 0) is 0 Å². The molecule has 1 aliphatic rings. The molecule has 3 nitrogen and oxygen atoms in total. The Balaban J connectivity index is 2.12. The van der Waals surface area contributed by atoms with Gasteiger partial charge in [-0.25, -0.2) is 0 Å². The predicted molar refractivity (Wildman–Crippen MR) is 72.2 cm³/mol. The number of likely N-dealkylation sites (tertiary alicyclic amines) is 1. The van der Waals surface area contributed by atoms with Gasteiger partial charge in [-0.3, -0.25) is 4.79 Å². The number of hydrogen-bond donors (Lipinski definition) is 1. The summed E-state index contributed by atoms with van der Waals surface area (Å²) in [7, 11) is 1.95. The van der Waals surface area contributed by atoms with Gasteiger partial charge in [-0.05, 0) is 38.1 Å². The molecule has 1 N–H and O–H groups in total. The molecule has 1 aromatic rings. The summed E-state index contributed by atoms with van der Waals surface area (Å²) in [6.45, 7) is 3.67. The normalized spacial score (nSPS) is 19.7. The molecule has 1 unspecified atom stereocenters. The van der Waals surface area contributed by atoms with E-state index in [9.17, 15) is 4.79 Å². The molecule has 0 aliphatic carbocycles. The average Bonchev–Trinajstić information content (AvgIpc) is 2.80. The minimum atomic E-state index is 0.128. The van der Waals surface area contributed by atoms with Crippen LogP contribution in [0.25, 0.3) is 0 Å². The summed E-state index contributed by atoms with van der Waals surface area (Å²) in [5.74, 6) is 0.128. The second-order valence-electron chi connectivity index (χ2n) is 4.49. The van der Waals surface area contributed by atoms with E-state index in [1.807, 2.05) is 37.1 Å². The van der Waals surface area contributed by atoms with Gasteiger partial charge in [0.1, 0.15) is 0 Å². The van der Waals surface area contributed by atoms with Gasteiger partial charge in [-0.15, -0.1) is 0 Å². The lowest BCUT2D eigenvalue weighted by Gasteiger charge is -2.16. The molecule has 1 saturated heterocycles. The maximum atomic E-state index is 12.2. The Bertz CT molecular complexity index is 433. The van der Waals surface area contributed by atoms with Gasteiger partial charge in [0.05, 0.1) is 0 Å². The largest absolute Gasteiger partial charge is 0.337 e. The lowest BCUT2D eigenvalue weighted by Crippen LogP contribution is -2.33. The summed E-state index contributed by atoms with van der Waals surface area (Å²) >= 11 is 3.47. The highest BCUT2D eigenvalue weighted by molar-refractivity contribution is 9.10. The summed E-state index contributed by atoms with van der Waals surface area (Å²) < 4.78 is 0.993. The lowest BCUT2D eigenvalue weighted by molar-refractivity contribution is 0.0789. The summed E-state index contributed by atoms with van der Waals surface area (Å²) in [4.78, 5) is 14.2. The first-order chi connectivity index (χ1) is 8.11. The fourth-order valence-corrected chi connectivity index (χ4v) is 2.47. The van der Waals surface area contributed by atoms with Crippen LogP contribution in [0.5, 0.6) is 0 Å². The van der Waals surface area contributed by atoms with Crippen LogP contribution in [0.2, 0.25) is 0 Å². The van der Waals surface area contributed by atoms with Crippen LogP contribution in [0.15, 0.2) is 22.7 Å². The molecule has 1 atom stereocenters. The van der Waals surface area contributed by atoms with Gasteiger partial charge in [0.15, 0.2) is 0 Å². The van der Waals surface area contributed by atoms with Crippen molar-refractivity contribution >= 4 is 21.8 Å². The Labute approximate surface area is 110 Å². The maximum Gasteiger partial charge on any atom is 0.253 e. The third-order valence-electron chi connectivity index (χ3n) is 3.30. The Hall–Kier alpha value is -0.870. The SMILES string of the molecule is CNC1CCN(C(=O)c2ccc(C)c(Br)c2)C1. The van der Waals surface area contributed by atoms with E-state index in [0.717, 1.165) is 35.1 Å². The second-order valence-corrected chi connectivity index (χ2v) is 5.34. The number of carbonyl (C=O) groups excluding carboxylic acids is 1. The first kappa shape index (κ1) is 12.6. The van der Waals surface area contributed by atoms with Gasteiger partial charge in [0.2, 0.25) is 0 Å². The van der Waals surface area contributed by atoms with Crippen molar-refractivity contribution in [2.75, 3.05) is 20.1 Å². The van der Waals surface area contributed by atoms with Gasteiger partial charge in [0, 0.05) is 29.2 Å². The van der Waals surface area contributed by atoms with Crippen LogP contribution >= 0.6 is 15.9 Å². The topological polar surface area (TPSA) is 32.3 Å². The van der Waals surface area contributed by atoms with Crippen molar-refractivity contribution in [1.29, 1.82) is 0 Å². The highest BCUT2D eigenvalue weighted by atomic mass is 79.9. The van der Waals surface area contributed by atoms with Crippen LogP contribution in [0.4, 0.5) is 0 Å². The predicted octanol–water partition coefficient (Wildman–Crippen LogP) is 2.19. The Morgan fingerprint density at radius 1 is 1.53 bits per heavy atom. The number of carbonyl (C=O) groups is 1. The van der Waals surface area contributed by atoms with Crippen molar-refractivity contribution in [3.05, 3.63) is 33.8 Å². The number of nitrogens with one attached hydrogen (secondary N) is 1. The molecule has 0 radical (unpaired) electrons. The lowest BCUT2D eigenvalue weighted by atomic mass is 10.1. The molecule has 1 aliphatic heterocycles.